The summed E-state index contributed by atoms with van der Waals surface area (Å²) < 4.78 is 0. The first kappa shape index (κ1) is 18.7. The van der Waals surface area contributed by atoms with Crippen molar-refractivity contribution in [2.45, 2.75) is 43.6 Å². The van der Waals surface area contributed by atoms with Crippen molar-refractivity contribution in [3.63, 3.8) is 0 Å². The van der Waals surface area contributed by atoms with Crippen molar-refractivity contribution in [1.82, 2.24) is 0 Å². The largest absolute Gasteiger partial charge is 0.478 e. The lowest BCUT2D eigenvalue weighted by Crippen LogP contribution is -2.23. The molecule has 136 valence electrons. The van der Waals surface area contributed by atoms with Gasteiger partial charge >= 0.3 is 5.97 Å². The van der Waals surface area contributed by atoms with Gasteiger partial charge in [0, 0.05) is 10.5 Å². The first-order valence-corrected chi connectivity index (χ1v) is 9.73. The molecule has 0 aromatic heterocycles. The molecule has 0 aliphatic carbocycles. The van der Waals surface area contributed by atoms with Gasteiger partial charge in [-0.25, -0.2) is 4.79 Å². The number of carboxylic acid groups (broad SMARTS) is 1. The normalized spacial score (nSPS) is 17.5. The summed E-state index contributed by atoms with van der Waals surface area (Å²) >= 11 is 1.88. The molecule has 1 unspecified atom stereocenters. The van der Waals surface area contributed by atoms with Crippen LogP contribution < -0.4 is 0 Å². The fraction of sp³-hybridized carbons (Fsp3) is 0.318. The van der Waals surface area contributed by atoms with E-state index in [9.17, 15) is 9.90 Å². The van der Waals surface area contributed by atoms with Gasteiger partial charge in [0.15, 0.2) is 0 Å². The number of carbonyl (C=O) groups is 1. The summed E-state index contributed by atoms with van der Waals surface area (Å²) in [4.78, 5) is 12.2. The number of aliphatic hydroxyl groups is 1. The quantitative estimate of drug-likeness (QED) is 0.743. The van der Waals surface area contributed by atoms with E-state index in [-0.39, 0.29) is 11.0 Å². The van der Waals surface area contributed by atoms with Crippen molar-refractivity contribution in [3.8, 4) is 0 Å². The van der Waals surface area contributed by atoms with Crippen molar-refractivity contribution in [3.05, 3.63) is 70.3 Å². The molecule has 0 bridgehead atoms. The molecule has 2 aromatic carbocycles. The highest BCUT2D eigenvalue weighted by Gasteiger charge is 2.28. The monoisotopic (exact) mass is 368 g/mol. The molecule has 1 atom stereocenters. The summed E-state index contributed by atoms with van der Waals surface area (Å²) in [7, 11) is 0. The molecule has 4 heteroatoms. The van der Waals surface area contributed by atoms with Crippen molar-refractivity contribution < 1.29 is 15.0 Å². The Bertz CT molecular complexity index is 850. The second kappa shape index (κ2) is 7.29. The van der Waals surface area contributed by atoms with Gasteiger partial charge in [0.1, 0.15) is 6.10 Å². The summed E-state index contributed by atoms with van der Waals surface area (Å²) in [6.45, 7) is 6.08. The Labute approximate surface area is 158 Å². The molecule has 1 aliphatic rings. The SMILES string of the molecule is CC(=Cc1ccc(C(O)c2ccc3c(c2)C(C)(C)CCS3)cc1)C(=O)O. The van der Waals surface area contributed by atoms with Crippen molar-refractivity contribution >= 4 is 23.8 Å². The van der Waals surface area contributed by atoms with Crippen LogP contribution in [0.3, 0.4) is 0 Å². The van der Waals surface area contributed by atoms with E-state index in [4.69, 9.17) is 5.11 Å². The number of aliphatic hydroxyl groups excluding tert-OH is 1. The molecule has 0 spiro atoms. The van der Waals surface area contributed by atoms with Crippen LogP contribution in [0, 0.1) is 0 Å². The van der Waals surface area contributed by atoms with Gasteiger partial charge in [-0.2, -0.15) is 0 Å². The van der Waals surface area contributed by atoms with Crippen LogP contribution in [0.5, 0.6) is 0 Å². The molecular formula is C22H24O3S. The van der Waals surface area contributed by atoms with Crippen LogP contribution in [0.25, 0.3) is 6.08 Å². The van der Waals surface area contributed by atoms with Gasteiger partial charge in [-0.3, -0.25) is 0 Å². The molecule has 0 amide bonds. The Kier molecular flexibility index (Phi) is 5.26. The molecule has 0 fully saturated rings. The van der Waals surface area contributed by atoms with E-state index in [0.717, 1.165) is 28.9 Å². The van der Waals surface area contributed by atoms with Crippen LogP contribution in [-0.4, -0.2) is 21.9 Å². The third kappa shape index (κ3) is 3.87. The van der Waals surface area contributed by atoms with Crippen LogP contribution in [0.1, 0.15) is 55.5 Å². The average Bonchev–Trinajstić information content (AvgIpc) is 2.61. The predicted molar refractivity (Wildman–Crippen MR) is 107 cm³/mol. The molecule has 26 heavy (non-hydrogen) atoms. The number of hydrogen-bond donors (Lipinski definition) is 2. The van der Waals surface area contributed by atoms with E-state index in [1.54, 1.807) is 13.0 Å². The average molecular weight is 368 g/mol. The molecule has 0 saturated heterocycles. The molecule has 2 aromatic rings. The number of carboxylic acids is 1. The van der Waals surface area contributed by atoms with Gasteiger partial charge in [-0.1, -0.05) is 50.2 Å². The van der Waals surface area contributed by atoms with Crippen LogP contribution in [-0.2, 0) is 10.2 Å². The lowest BCUT2D eigenvalue weighted by molar-refractivity contribution is -0.132. The molecular weight excluding hydrogens is 344 g/mol. The number of rotatable bonds is 4. The highest BCUT2D eigenvalue weighted by Crippen LogP contribution is 2.42. The van der Waals surface area contributed by atoms with E-state index < -0.39 is 12.1 Å². The zero-order chi connectivity index (χ0) is 18.9. The predicted octanol–water partition coefficient (Wildman–Crippen LogP) is 5.03. The van der Waals surface area contributed by atoms with Crippen LogP contribution >= 0.6 is 11.8 Å². The molecule has 3 nitrogen and oxygen atoms in total. The van der Waals surface area contributed by atoms with Gasteiger partial charge in [0.2, 0.25) is 0 Å². The van der Waals surface area contributed by atoms with Gasteiger partial charge in [0.05, 0.1) is 0 Å². The Balaban J connectivity index is 1.87. The van der Waals surface area contributed by atoms with E-state index in [1.807, 2.05) is 42.1 Å². The highest BCUT2D eigenvalue weighted by atomic mass is 32.2. The summed E-state index contributed by atoms with van der Waals surface area (Å²) in [5, 5.41) is 19.8. The molecule has 0 radical (unpaired) electrons. The number of thioether (sulfide) groups is 1. The van der Waals surface area contributed by atoms with E-state index >= 15 is 0 Å². The summed E-state index contributed by atoms with van der Waals surface area (Å²) in [6.07, 6.45) is 2.06. The summed E-state index contributed by atoms with van der Waals surface area (Å²) in [5.74, 6) is 0.204. The highest BCUT2D eigenvalue weighted by molar-refractivity contribution is 7.99. The first-order valence-electron chi connectivity index (χ1n) is 8.75. The maximum atomic E-state index is 10.9. The third-order valence-corrected chi connectivity index (χ3v) is 6.08. The smallest absolute Gasteiger partial charge is 0.331 e. The van der Waals surface area contributed by atoms with Gasteiger partial charge < -0.3 is 10.2 Å². The van der Waals surface area contributed by atoms with E-state index in [1.165, 1.54) is 10.5 Å². The maximum absolute atomic E-state index is 10.9. The standard InChI is InChI=1S/C22H24O3S/c1-14(21(24)25)12-15-4-6-16(7-5-15)20(23)17-8-9-19-18(13-17)22(2,3)10-11-26-19/h4-9,12-13,20,23H,10-11H2,1-3H3,(H,24,25). The Morgan fingerprint density at radius 1 is 1.15 bits per heavy atom. The second-order valence-electron chi connectivity index (χ2n) is 7.44. The summed E-state index contributed by atoms with van der Waals surface area (Å²) in [5.41, 5.74) is 4.22. The fourth-order valence-corrected chi connectivity index (χ4v) is 4.69. The zero-order valence-corrected chi connectivity index (χ0v) is 16.1. The number of benzene rings is 2. The van der Waals surface area contributed by atoms with Crippen LogP contribution in [0.2, 0.25) is 0 Å². The zero-order valence-electron chi connectivity index (χ0n) is 15.3. The number of hydrogen-bond acceptors (Lipinski definition) is 3. The van der Waals surface area contributed by atoms with Crippen molar-refractivity contribution in [2.24, 2.45) is 0 Å². The molecule has 0 saturated carbocycles. The molecule has 3 rings (SSSR count). The minimum atomic E-state index is -0.927. The van der Waals surface area contributed by atoms with Crippen molar-refractivity contribution in [1.29, 1.82) is 0 Å². The van der Waals surface area contributed by atoms with Crippen molar-refractivity contribution in [2.75, 3.05) is 5.75 Å². The van der Waals surface area contributed by atoms with E-state index in [2.05, 4.69) is 26.0 Å². The Morgan fingerprint density at radius 3 is 2.46 bits per heavy atom. The van der Waals surface area contributed by atoms with Gasteiger partial charge in [-0.15, -0.1) is 11.8 Å². The topological polar surface area (TPSA) is 57.5 Å². The lowest BCUT2D eigenvalue weighted by atomic mass is 9.80. The minimum absolute atomic E-state index is 0.124. The Morgan fingerprint density at radius 2 is 1.81 bits per heavy atom. The van der Waals surface area contributed by atoms with Gasteiger partial charge in [0.25, 0.3) is 0 Å². The number of fused-ring (bicyclic) bond motifs is 1. The van der Waals surface area contributed by atoms with Crippen LogP contribution in [0.15, 0.2) is 52.9 Å². The minimum Gasteiger partial charge on any atom is -0.478 e. The van der Waals surface area contributed by atoms with Crippen LogP contribution in [0.4, 0.5) is 0 Å². The lowest BCUT2D eigenvalue weighted by Gasteiger charge is -2.32. The molecule has 1 aliphatic heterocycles. The fourth-order valence-electron chi connectivity index (χ4n) is 3.20. The summed E-state index contributed by atoms with van der Waals surface area (Å²) in [6, 6.07) is 13.6. The third-order valence-electron chi connectivity index (χ3n) is 5.01. The first-order chi connectivity index (χ1) is 12.3. The second-order valence-corrected chi connectivity index (χ2v) is 8.58. The van der Waals surface area contributed by atoms with Gasteiger partial charge in [-0.05, 0) is 58.9 Å². The molecule has 2 N–H and O–H groups in total. The number of aliphatic carboxylic acids is 1. The van der Waals surface area contributed by atoms with E-state index in [0.29, 0.717) is 0 Å². The Hall–Kier alpha value is -2.04. The molecule has 1 heterocycles. The maximum Gasteiger partial charge on any atom is 0.331 e.